The van der Waals surface area contributed by atoms with Crippen LogP contribution in [0.15, 0.2) is 231 Å². The Hall–Kier alpha value is -9.38. The lowest BCUT2D eigenvalue weighted by Crippen LogP contribution is -2.34. The van der Waals surface area contributed by atoms with Crippen LogP contribution in [0.3, 0.4) is 0 Å². The highest BCUT2D eigenvalue weighted by Gasteiger charge is 2.54. The molecule has 0 saturated carbocycles. The topological polar surface area (TPSA) is 26.6 Å². The van der Waals surface area contributed by atoms with Crippen LogP contribution in [0.2, 0.25) is 0 Å². The first-order valence-corrected chi connectivity index (χ1v) is 31.5. The highest BCUT2D eigenvalue weighted by molar-refractivity contribution is 6.10. The number of hydrogen-bond acceptors (Lipinski definition) is 3. The van der Waals surface area contributed by atoms with Gasteiger partial charge in [0, 0.05) is 44.4 Å². The van der Waals surface area contributed by atoms with E-state index >= 15 is 0 Å². The highest BCUT2D eigenvalue weighted by atomic mass is 16.5. The molecule has 4 aliphatic rings. The number of para-hydroxylation sites is 4. The smallest absolute Gasteiger partial charge is 0.132 e. The van der Waals surface area contributed by atoms with Crippen LogP contribution >= 0.6 is 0 Å². The second kappa shape index (κ2) is 18.6. The minimum Gasteiger partial charge on any atom is -0.457 e. The van der Waals surface area contributed by atoms with Gasteiger partial charge in [-0.1, -0.05) is 217 Å². The summed E-state index contributed by atoms with van der Waals surface area (Å²) in [5.41, 5.74) is 24.2. The van der Waals surface area contributed by atoms with Gasteiger partial charge in [-0.05, 0) is 185 Å². The van der Waals surface area contributed by atoms with E-state index in [1.54, 1.807) is 0 Å². The van der Waals surface area contributed by atoms with Gasteiger partial charge in [-0.3, -0.25) is 0 Å². The average Bonchev–Trinajstić information content (AvgIpc) is 1.47. The lowest BCUT2D eigenvalue weighted by molar-refractivity contribution is 0.433. The van der Waals surface area contributed by atoms with Gasteiger partial charge < -0.3 is 18.9 Å². The number of anilines is 3. The maximum atomic E-state index is 7.18. The molecule has 0 saturated heterocycles. The van der Waals surface area contributed by atoms with Crippen LogP contribution < -0.4 is 14.4 Å². The summed E-state index contributed by atoms with van der Waals surface area (Å²) < 4.78 is 16.8. The fraction of sp³-hybridized carbons (Fsp3) is 0.214. The summed E-state index contributed by atoms with van der Waals surface area (Å²) in [5.74, 6) is 3.54. The third kappa shape index (κ3) is 7.63. The molecule has 0 atom stereocenters. The standard InChI is InChI=1S/C84H74N2O2/c1-79(2,3)51-33-41-75-67(45-51)83(68-46-52(80(4,5)6)34-42-76(68)87-75)63-27-17-13-23-57(63)59-39-37-55(49-65(59)83)85(73-31-21-22-32-74(73)86-71-29-19-15-25-61(71)62-26-16-20-30-72(62)86)56-38-40-60-58-24-14-18-28-64(58)84(66(60)50-56)69-47-53(81(7,8)9)35-43-77(69)88-78-44-36-54(48-70(78)84)82(10,11)12/h13-50H,1-12H3. The van der Waals surface area contributed by atoms with Crippen molar-refractivity contribution in [2.75, 3.05) is 4.90 Å². The minimum atomic E-state index is -0.750. The summed E-state index contributed by atoms with van der Waals surface area (Å²) in [6.07, 6.45) is 0. The fourth-order valence-corrected chi connectivity index (χ4v) is 15.5. The van der Waals surface area contributed by atoms with E-state index in [-0.39, 0.29) is 21.7 Å². The third-order valence-electron chi connectivity index (χ3n) is 20.0. The SMILES string of the molecule is CC(C)(C)c1ccc2c(c1)C1(c3cc(C(C)(C)C)ccc3O2)c2ccccc2-c2ccc(N(c3ccc4c(c3)C3(c5cc(C(C)(C)C)ccc5Oc5ccc(C(C)(C)C)cc53)c3ccccc3-4)c3ccccc3-n3c4ccccc4c4ccccc43)cc21. The number of aromatic nitrogens is 1. The number of benzene rings is 11. The van der Waals surface area contributed by atoms with E-state index < -0.39 is 10.8 Å². The van der Waals surface area contributed by atoms with E-state index in [9.17, 15) is 0 Å². The maximum absolute atomic E-state index is 7.18. The Morgan fingerprint density at radius 3 is 1.01 bits per heavy atom. The van der Waals surface area contributed by atoms with Gasteiger partial charge in [0.25, 0.3) is 0 Å². The Bertz CT molecular complexity index is 4510. The molecule has 0 radical (unpaired) electrons. The minimum absolute atomic E-state index is 0.126. The van der Waals surface area contributed by atoms with Gasteiger partial charge in [0.2, 0.25) is 0 Å². The monoisotopic (exact) mass is 1140 g/mol. The van der Waals surface area contributed by atoms with Crippen LogP contribution in [-0.4, -0.2) is 4.57 Å². The molecule has 0 bridgehead atoms. The van der Waals surface area contributed by atoms with Crippen molar-refractivity contribution in [3.05, 3.63) is 297 Å². The van der Waals surface area contributed by atoms with Gasteiger partial charge in [0.1, 0.15) is 23.0 Å². The van der Waals surface area contributed by atoms with Crippen molar-refractivity contribution < 1.29 is 9.47 Å². The number of rotatable bonds is 4. The summed E-state index contributed by atoms with van der Waals surface area (Å²) in [6, 6.07) is 87.8. The molecule has 1 aromatic heterocycles. The van der Waals surface area contributed by atoms with E-state index in [2.05, 4.69) is 323 Å². The number of nitrogens with zero attached hydrogens (tertiary/aromatic N) is 2. The molecule has 0 N–H and O–H groups in total. The zero-order valence-electron chi connectivity index (χ0n) is 52.7. The van der Waals surface area contributed by atoms with E-state index in [0.717, 1.165) is 79.0 Å². The Balaban J connectivity index is 1.03. The second-order valence-electron chi connectivity index (χ2n) is 29.3. The van der Waals surface area contributed by atoms with Crippen molar-refractivity contribution in [1.29, 1.82) is 0 Å². The van der Waals surface area contributed by atoms with Gasteiger partial charge in [0.05, 0.1) is 33.2 Å². The predicted molar refractivity (Wildman–Crippen MR) is 365 cm³/mol. The van der Waals surface area contributed by atoms with E-state index in [4.69, 9.17) is 9.47 Å². The molecule has 2 aliphatic carbocycles. The first-order valence-electron chi connectivity index (χ1n) is 31.5. The Morgan fingerprint density at radius 1 is 0.295 bits per heavy atom. The van der Waals surface area contributed by atoms with Gasteiger partial charge in [-0.15, -0.1) is 0 Å². The molecule has 3 heterocycles. The lowest BCUT2D eigenvalue weighted by atomic mass is 9.64. The van der Waals surface area contributed by atoms with Crippen molar-refractivity contribution in [3.8, 4) is 50.9 Å². The van der Waals surface area contributed by atoms with E-state index in [0.29, 0.717) is 0 Å². The molecule has 11 aromatic carbocycles. The summed E-state index contributed by atoms with van der Waals surface area (Å²) in [4.78, 5) is 2.57. The molecule has 432 valence electrons. The van der Waals surface area contributed by atoms with Crippen molar-refractivity contribution >= 4 is 38.9 Å². The van der Waals surface area contributed by atoms with Gasteiger partial charge in [0.15, 0.2) is 0 Å². The predicted octanol–water partition coefficient (Wildman–Crippen LogP) is 22.4. The Kier molecular flexibility index (Phi) is 11.4. The van der Waals surface area contributed by atoms with E-state index in [1.807, 2.05) is 0 Å². The molecule has 2 aliphatic heterocycles. The molecule has 0 amide bonds. The number of hydrogen-bond donors (Lipinski definition) is 0. The van der Waals surface area contributed by atoms with Gasteiger partial charge >= 0.3 is 0 Å². The zero-order chi connectivity index (χ0) is 60.6. The summed E-state index contributed by atoms with van der Waals surface area (Å²) in [5, 5.41) is 2.44. The summed E-state index contributed by atoms with van der Waals surface area (Å²) >= 11 is 0. The van der Waals surface area contributed by atoms with Crippen molar-refractivity contribution in [2.24, 2.45) is 0 Å². The van der Waals surface area contributed by atoms with Crippen molar-refractivity contribution in [1.82, 2.24) is 4.57 Å². The van der Waals surface area contributed by atoms with Crippen LogP contribution in [-0.2, 0) is 32.5 Å². The fourth-order valence-electron chi connectivity index (χ4n) is 15.5. The number of fused-ring (bicyclic) bond motifs is 21. The molecule has 0 fully saturated rings. The lowest BCUT2D eigenvalue weighted by Gasteiger charge is -2.42. The quantitative estimate of drug-likeness (QED) is 0.176. The van der Waals surface area contributed by atoms with Crippen LogP contribution in [0.25, 0.3) is 49.7 Å². The van der Waals surface area contributed by atoms with Crippen molar-refractivity contribution in [3.63, 3.8) is 0 Å². The second-order valence-corrected chi connectivity index (χ2v) is 29.3. The number of ether oxygens (including phenoxy) is 2. The molecule has 12 aromatic rings. The molecule has 88 heavy (non-hydrogen) atoms. The highest BCUT2D eigenvalue weighted by Crippen LogP contribution is 2.66. The average molecular weight is 1140 g/mol. The molecule has 0 unspecified atom stereocenters. The van der Waals surface area contributed by atoms with Crippen LogP contribution in [0, 0.1) is 0 Å². The molecule has 4 heteroatoms. The van der Waals surface area contributed by atoms with Crippen LogP contribution in [0.4, 0.5) is 17.1 Å². The summed E-state index contributed by atoms with van der Waals surface area (Å²) in [7, 11) is 0. The largest absolute Gasteiger partial charge is 0.457 e. The molecule has 4 nitrogen and oxygen atoms in total. The molecule has 2 spiro atoms. The maximum Gasteiger partial charge on any atom is 0.132 e. The summed E-state index contributed by atoms with van der Waals surface area (Å²) in [6.45, 7) is 27.9. The van der Waals surface area contributed by atoms with Crippen LogP contribution in [0.1, 0.15) is 150 Å². The third-order valence-corrected chi connectivity index (χ3v) is 20.0. The Morgan fingerprint density at radius 2 is 0.625 bits per heavy atom. The zero-order valence-corrected chi connectivity index (χ0v) is 52.7. The molecule has 16 rings (SSSR count). The van der Waals surface area contributed by atoms with Crippen molar-refractivity contribution in [2.45, 2.75) is 116 Å². The van der Waals surface area contributed by atoms with Gasteiger partial charge in [-0.25, -0.2) is 0 Å². The van der Waals surface area contributed by atoms with Gasteiger partial charge in [-0.2, -0.15) is 0 Å². The first-order chi connectivity index (χ1) is 42.1. The normalized spacial score (nSPS) is 14.7. The Labute approximate surface area is 518 Å². The van der Waals surface area contributed by atoms with E-state index in [1.165, 1.54) is 77.5 Å². The first kappa shape index (κ1) is 54.0. The van der Waals surface area contributed by atoms with Crippen LogP contribution in [0.5, 0.6) is 23.0 Å². The molecular weight excluding hydrogens is 1070 g/mol. The molecular formula is C84H74N2O2.